The Morgan fingerprint density at radius 2 is 1.60 bits per heavy atom. The van der Waals surface area contributed by atoms with E-state index in [2.05, 4.69) is 4.99 Å². The number of Topliss-reactive ketones (excluding diaryl/α,β-unsaturated/α-hetero) is 1. The van der Waals surface area contributed by atoms with Crippen LogP contribution in [0.4, 0.5) is 0 Å². The van der Waals surface area contributed by atoms with Gasteiger partial charge in [-0.15, -0.1) is 0 Å². The van der Waals surface area contributed by atoms with Gasteiger partial charge in [-0.1, -0.05) is 32.4 Å². The number of carboxylic acid groups (broad SMARTS) is 1. The molecule has 0 saturated heterocycles. The van der Waals surface area contributed by atoms with Crippen LogP contribution in [0.5, 0.6) is 0 Å². The lowest BCUT2D eigenvalue weighted by molar-refractivity contribution is -0.151. The molecule has 0 spiro atoms. The third-order valence-corrected chi connectivity index (χ3v) is 5.27. The van der Waals surface area contributed by atoms with E-state index in [9.17, 15) is 19.5 Å². The third kappa shape index (κ3) is 4.64. The monoisotopic (exact) mass is 433 g/mol. The molecule has 1 aliphatic rings. The number of allylic oxidation sites excluding steroid dienone is 1. The fourth-order valence-electron chi connectivity index (χ4n) is 3.52. The second-order valence-electron chi connectivity index (χ2n) is 9.48. The first-order valence-electron chi connectivity index (χ1n) is 9.66. The molecular weight excluding hydrogens is 406 g/mol. The maximum absolute atomic E-state index is 13.2. The van der Waals surface area contributed by atoms with Gasteiger partial charge in [0, 0.05) is 10.6 Å². The van der Waals surface area contributed by atoms with Crippen LogP contribution in [0.2, 0.25) is 5.02 Å². The topological polar surface area (TPSA) is 93.0 Å². The number of hydrogen-bond acceptors (Lipinski definition) is 5. The number of halogens is 1. The number of carbonyl (C=O) groups is 3. The second-order valence-corrected chi connectivity index (χ2v) is 9.92. The Bertz CT molecular complexity index is 945. The number of aliphatic carboxylic acids is 1. The van der Waals surface area contributed by atoms with E-state index in [1.54, 1.807) is 72.7 Å². The minimum Gasteiger partial charge on any atom is -0.481 e. The number of esters is 1. The molecule has 1 atom stereocenters. The third-order valence-electron chi connectivity index (χ3n) is 5.02. The minimum absolute atomic E-state index is 0.0642. The van der Waals surface area contributed by atoms with Gasteiger partial charge in [0.15, 0.2) is 0 Å². The fraction of sp³-hybridized carbons (Fsp3) is 0.478. The van der Waals surface area contributed by atoms with E-state index >= 15 is 0 Å². The van der Waals surface area contributed by atoms with Crippen molar-refractivity contribution in [3.8, 4) is 0 Å². The lowest BCUT2D eigenvalue weighted by Crippen LogP contribution is -2.47. The van der Waals surface area contributed by atoms with Gasteiger partial charge in [0.05, 0.1) is 12.0 Å². The SMILES string of the molecule is CC1=C(C(=O)OC(C)(C)C)C(CC(=O)O)(C(C)(C)C)N=C1C(=O)c1ccc(Cl)cc1. The van der Waals surface area contributed by atoms with Gasteiger partial charge >= 0.3 is 11.9 Å². The maximum atomic E-state index is 13.2. The molecule has 1 aromatic rings. The number of carbonyl (C=O) groups excluding carboxylic acids is 2. The highest BCUT2D eigenvalue weighted by Crippen LogP contribution is 2.48. The molecular formula is C23H28ClNO5. The van der Waals surface area contributed by atoms with Crippen molar-refractivity contribution < 1.29 is 24.2 Å². The predicted octanol–water partition coefficient (Wildman–Crippen LogP) is 4.90. The van der Waals surface area contributed by atoms with Crippen LogP contribution >= 0.6 is 11.6 Å². The van der Waals surface area contributed by atoms with E-state index < -0.39 is 40.7 Å². The highest BCUT2D eigenvalue weighted by molar-refractivity contribution is 6.53. The average molecular weight is 434 g/mol. The molecule has 0 fully saturated rings. The van der Waals surface area contributed by atoms with Crippen LogP contribution in [-0.2, 0) is 14.3 Å². The molecule has 0 bridgehead atoms. The Morgan fingerprint density at radius 3 is 2.03 bits per heavy atom. The molecule has 0 radical (unpaired) electrons. The first-order valence-corrected chi connectivity index (χ1v) is 10.0. The van der Waals surface area contributed by atoms with Gasteiger partial charge in [0.25, 0.3) is 0 Å². The summed E-state index contributed by atoms with van der Waals surface area (Å²) in [6.45, 7) is 12.2. The van der Waals surface area contributed by atoms with Crippen molar-refractivity contribution in [2.24, 2.45) is 10.4 Å². The summed E-state index contributed by atoms with van der Waals surface area (Å²) in [5.74, 6) is -2.19. The Balaban J connectivity index is 2.73. The van der Waals surface area contributed by atoms with Crippen LogP contribution in [0, 0.1) is 5.41 Å². The Hall–Kier alpha value is -2.47. The van der Waals surface area contributed by atoms with Crippen LogP contribution in [0.3, 0.4) is 0 Å². The summed E-state index contributed by atoms with van der Waals surface area (Å²) < 4.78 is 5.58. The van der Waals surface area contributed by atoms with Crippen molar-refractivity contribution in [1.82, 2.24) is 0 Å². The number of benzene rings is 1. The standard InChI is InChI=1S/C23H28ClNO5/c1-13-17(20(29)30-22(5,6)7)23(12-16(26)27,21(2,3)4)25-18(13)19(28)14-8-10-15(24)11-9-14/h8-11H,12H2,1-7H3,(H,26,27). The van der Waals surface area contributed by atoms with Crippen LogP contribution in [0.1, 0.15) is 65.2 Å². The summed E-state index contributed by atoms with van der Waals surface area (Å²) in [6, 6.07) is 6.32. The lowest BCUT2D eigenvalue weighted by Gasteiger charge is -2.40. The number of aliphatic imine (C=N–C) groups is 1. The van der Waals surface area contributed by atoms with Crippen molar-refractivity contribution in [3.05, 3.63) is 46.0 Å². The molecule has 1 unspecified atom stereocenters. The molecule has 0 saturated carbocycles. The Kier molecular flexibility index (Phi) is 6.34. The van der Waals surface area contributed by atoms with Crippen molar-refractivity contribution >= 4 is 35.0 Å². The molecule has 30 heavy (non-hydrogen) atoms. The summed E-state index contributed by atoms with van der Waals surface area (Å²) in [4.78, 5) is 42.8. The van der Waals surface area contributed by atoms with Gasteiger partial charge in [0.1, 0.15) is 16.9 Å². The first-order chi connectivity index (χ1) is 13.6. The van der Waals surface area contributed by atoms with E-state index in [1.165, 1.54) is 0 Å². The molecule has 1 aliphatic heterocycles. The second kappa shape index (κ2) is 7.99. The van der Waals surface area contributed by atoms with Crippen LogP contribution in [-0.4, -0.2) is 39.7 Å². The molecule has 1 N–H and O–H groups in total. The zero-order valence-electron chi connectivity index (χ0n) is 18.4. The molecule has 162 valence electrons. The molecule has 0 aromatic heterocycles. The molecule has 0 amide bonds. The van der Waals surface area contributed by atoms with E-state index in [4.69, 9.17) is 16.3 Å². The van der Waals surface area contributed by atoms with Gasteiger partial charge in [-0.05, 0) is 62.9 Å². The van der Waals surface area contributed by atoms with Crippen LogP contribution < -0.4 is 0 Å². The molecule has 6 nitrogen and oxygen atoms in total. The Morgan fingerprint density at radius 1 is 1.07 bits per heavy atom. The number of ether oxygens (including phenoxy) is 1. The van der Waals surface area contributed by atoms with Gasteiger partial charge < -0.3 is 9.84 Å². The Labute approximate surface area is 182 Å². The summed E-state index contributed by atoms with van der Waals surface area (Å²) in [7, 11) is 0. The highest BCUT2D eigenvalue weighted by Gasteiger charge is 2.55. The van der Waals surface area contributed by atoms with Crippen LogP contribution in [0.15, 0.2) is 40.4 Å². The first kappa shape index (κ1) is 23.8. The van der Waals surface area contributed by atoms with E-state index in [-0.39, 0.29) is 11.3 Å². The molecule has 1 heterocycles. The maximum Gasteiger partial charge on any atom is 0.337 e. The van der Waals surface area contributed by atoms with E-state index in [0.717, 1.165) is 0 Å². The number of rotatable bonds is 5. The van der Waals surface area contributed by atoms with Gasteiger partial charge in [-0.25, -0.2) is 4.79 Å². The normalized spacial score (nSPS) is 19.5. The fourth-order valence-corrected chi connectivity index (χ4v) is 3.65. The number of nitrogens with zero attached hydrogens (tertiary/aromatic N) is 1. The molecule has 0 aliphatic carbocycles. The van der Waals surface area contributed by atoms with Crippen molar-refractivity contribution in [2.45, 2.75) is 66.0 Å². The summed E-state index contributed by atoms with van der Waals surface area (Å²) in [6.07, 6.45) is -0.445. The summed E-state index contributed by atoms with van der Waals surface area (Å²) in [5, 5.41) is 10.1. The lowest BCUT2D eigenvalue weighted by atomic mass is 9.67. The van der Waals surface area contributed by atoms with Crippen molar-refractivity contribution in [1.29, 1.82) is 0 Å². The number of ketones is 1. The minimum atomic E-state index is -1.44. The van der Waals surface area contributed by atoms with E-state index in [1.807, 2.05) is 0 Å². The summed E-state index contributed by atoms with van der Waals surface area (Å²) >= 11 is 5.92. The molecule has 1 aromatic carbocycles. The zero-order valence-corrected chi connectivity index (χ0v) is 19.2. The quantitative estimate of drug-likeness (QED) is 0.526. The average Bonchev–Trinajstić information content (AvgIpc) is 2.86. The highest BCUT2D eigenvalue weighted by atomic mass is 35.5. The van der Waals surface area contributed by atoms with Crippen molar-refractivity contribution in [3.63, 3.8) is 0 Å². The number of hydrogen-bond donors (Lipinski definition) is 1. The van der Waals surface area contributed by atoms with Gasteiger partial charge in [-0.3, -0.25) is 14.6 Å². The largest absolute Gasteiger partial charge is 0.481 e. The summed E-state index contributed by atoms with van der Waals surface area (Å²) in [5.41, 5.74) is -2.15. The zero-order chi connectivity index (χ0) is 23.1. The van der Waals surface area contributed by atoms with Gasteiger partial charge in [0.2, 0.25) is 5.78 Å². The smallest absolute Gasteiger partial charge is 0.337 e. The molecule has 7 heteroatoms. The predicted molar refractivity (Wildman–Crippen MR) is 116 cm³/mol. The van der Waals surface area contributed by atoms with E-state index in [0.29, 0.717) is 16.2 Å². The van der Waals surface area contributed by atoms with Crippen LogP contribution in [0.25, 0.3) is 0 Å². The van der Waals surface area contributed by atoms with Gasteiger partial charge in [-0.2, -0.15) is 0 Å². The molecule has 2 rings (SSSR count). The van der Waals surface area contributed by atoms with Crippen molar-refractivity contribution in [2.75, 3.05) is 0 Å². The number of carboxylic acids is 1.